The minimum Gasteiger partial charge on any atom is -0.359 e. The van der Waals surface area contributed by atoms with E-state index in [1.807, 2.05) is 0 Å². The molecule has 2 N–H and O–H groups in total. The molecular weight excluding hydrogens is 263 g/mol. The normalized spacial score (nSPS) is 22.7. The summed E-state index contributed by atoms with van der Waals surface area (Å²) in [4.78, 5) is 11.9. The molecule has 2 rings (SSSR count). The number of hydrogen-bond acceptors (Lipinski definition) is 3. The summed E-state index contributed by atoms with van der Waals surface area (Å²) in [5.41, 5.74) is -0.656. The minimum absolute atomic E-state index is 0.181. The zero-order valence-corrected chi connectivity index (χ0v) is 9.98. The fourth-order valence-corrected chi connectivity index (χ4v) is 1.80. The Kier molecular flexibility index (Phi) is 3.05. The first-order valence-corrected chi connectivity index (χ1v) is 5.42. The van der Waals surface area contributed by atoms with Crippen molar-refractivity contribution in [1.82, 2.24) is 15.0 Å². The fourth-order valence-electron chi connectivity index (χ4n) is 1.80. The molecule has 8 heteroatoms. The van der Waals surface area contributed by atoms with Crippen LogP contribution in [0.25, 0.3) is 0 Å². The van der Waals surface area contributed by atoms with E-state index >= 15 is 0 Å². The number of aromatic nitrogens is 1. The summed E-state index contributed by atoms with van der Waals surface area (Å²) in [7, 11) is 1.67. The van der Waals surface area contributed by atoms with Crippen molar-refractivity contribution < 1.29 is 23.1 Å². The maximum Gasteiger partial charge on any atom is 0.442 e. The summed E-state index contributed by atoms with van der Waals surface area (Å²) in [6.07, 6.45) is -2.17. The van der Waals surface area contributed by atoms with Crippen molar-refractivity contribution in [3.05, 3.63) is 36.3 Å². The lowest BCUT2D eigenvalue weighted by molar-refractivity contribution is -0.288. The highest BCUT2D eigenvalue weighted by atomic mass is 19.4. The first kappa shape index (κ1) is 13.5. The van der Waals surface area contributed by atoms with E-state index in [0.717, 1.165) is 6.20 Å². The maximum absolute atomic E-state index is 12.8. The Morgan fingerprint density at radius 3 is 2.74 bits per heavy atom. The van der Waals surface area contributed by atoms with E-state index in [1.54, 1.807) is 29.9 Å². The Morgan fingerprint density at radius 2 is 2.21 bits per heavy atom. The van der Waals surface area contributed by atoms with E-state index in [0.29, 0.717) is 11.8 Å². The van der Waals surface area contributed by atoms with E-state index in [4.69, 9.17) is 0 Å². The van der Waals surface area contributed by atoms with E-state index in [9.17, 15) is 23.1 Å². The first-order chi connectivity index (χ1) is 8.75. The molecule has 104 valence electrons. The molecule has 1 atom stereocenters. The Balaban J connectivity index is 2.18. The molecule has 0 spiro atoms. The maximum atomic E-state index is 12.8. The SMILES string of the molecule is Cn1cccc1CC(=O)N1NC=C[C@]1(O)C(F)(F)F. The highest BCUT2D eigenvalue weighted by Crippen LogP contribution is 2.36. The fraction of sp³-hybridized carbons (Fsp3) is 0.364. The zero-order chi connectivity index (χ0) is 14.3. The van der Waals surface area contributed by atoms with Gasteiger partial charge in [0.15, 0.2) is 0 Å². The van der Waals surface area contributed by atoms with Gasteiger partial charge < -0.3 is 15.1 Å². The lowest BCUT2D eigenvalue weighted by atomic mass is 10.2. The summed E-state index contributed by atoms with van der Waals surface area (Å²) >= 11 is 0. The number of aryl methyl sites for hydroxylation is 1. The number of nitrogens with zero attached hydrogens (tertiary/aromatic N) is 2. The molecule has 1 amide bonds. The van der Waals surface area contributed by atoms with Crippen LogP contribution in [0.3, 0.4) is 0 Å². The summed E-state index contributed by atoms with van der Waals surface area (Å²) < 4.78 is 39.9. The number of carbonyl (C=O) groups is 1. The summed E-state index contributed by atoms with van der Waals surface area (Å²) in [5, 5.41) is 9.76. The number of alkyl halides is 3. The minimum atomic E-state index is -4.98. The van der Waals surface area contributed by atoms with Gasteiger partial charge in [-0.2, -0.15) is 13.2 Å². The molecule has 19 heavy (non-hydrogen) atoms. The van der Waals surface area contributed by atoms with Crippen molar-refractivity contribution in [3.63, 3.8) is 0 Å². The van der Waals surface area contributed by atoms with E-state index in [-0.39, 0.29) is 11.4 Å². The van der Waals surface area contributed by atoms with Crippen LogP contribution in [0.5, 0.6) is 0 Å². The molecule has 1 aromatic rings. The van der Waals surface area contributed by atoms with Gasteiger partial charge in [0.1, 0.15) is 0 Å². The number of rotatable bonds is 2. The highest BCUT2D eigenvalue weighted by Gasteiger charge is 2.60. The van der Waals surface area contributed by atoms with Crippen molar-refractivity contribution in [2.75, 3.05) is 0 Å². The molecule has 2 heterocycles. The molecule has 0 aromatic carbocycles. The molecule has 1 aliphatic rings. The third-order valence-corrected chi connectivity index (χ3v) is 2.91. The number of nitrogens with one attached hydrogen (secondary N) is 1. The molecule has 5 nitrogen and oxygen atoms in total. The third-order valence-electron chi connectivity index (χ3n) is 2.91. The van der Waals surface area contributed by atoms with E-state index < -0.39 is 17.8 Å². The van der Waals surface area contributed by atoms with Crippen LogP contribution in [0.2, 0.25) is 0 Å². The van der Waals surface area contributed by atoms with Crippen LogP contribution in [0.15, 0.2) is 30.6 Å². The van der Waals surface area contributed by atoms with Gasteiger partial charge >= 0.3 is 6.18 Å². The van der Waals surface area contributed by atoms with Crippen molar-refractivity contribution in [2.45, 2.75) is 18.3 Å². The molecule has 1 aromatic heterocycles. The van der Waals surface area contributed by atoms with Crippen LogP contribution in [-0.4, -0.2) is 32.5 Å². The number of aliphatic hydroxyl groups is 1. The molecule has 0 saturated carbocycles. The Hall–Kier alpha value is -1.96. The van der Waals surface area contributed by atoms with Crippen LogP contribution in [-0.2, 0) is 18.3 Å². The lowest BCUT2D eigenvalue weighted by Gasteiger charge is -2.33. The van der Waals surface area contributed by atoms with Gasteiger partial charge in [-0.3, -0.25) is 4.79 Å². The molecule has 0 bridgehead atoms. The Morgan fingerprint density at radius 1 is 1.53 bits per heavy atom. The quantitative estimate of drug-likeness (QED) is 0.834. The largest absolute Gasteiger partial charge is 0.442 e. The number of hydrogen-bond donors (Lipinski definition) is 2. The smallest absolute Gasteiger partial charge is 0.359 e. The lowest BCUT2D eigenvalue weighted by Crippen LogP contribution is -2.60. The van der Waals surface area contributed by atoms with Crippen LogP contribution < -0.4 is 5.43 Å². The number of halogens is 3. The Bertz CT molecular complexity index is 524. The van der Waals surface area contributed by atoms with Gasteiger partial charge in [0.2, 0.25) is 5.91 Å². The van der Waals surface area contributed by atoms with Crippen LogP contribution >= 0.6 is 0 Å². The molecule has 0 radical (unpaired) electrons. The third kappa shape index (κ3) is 2.19. The second-order valence-corrected chi connectivity index (χ2v) is 4.20. The standard InChI is InChI=1S/C11H12F3N3O2/c1-16-6-2-3-8(16)7-9(18)17-10(19,4-5-15-17)11(12,13)14/h2-6,15,19H,7H2,1H3/t10-/m0/s1. The zero-order valence-electron chi connectivity index (χ0n) is 9.98. The summed E-state index contributed by atoms with van der Waals surface area (Å²) in [5.74, 6) is -0.883. The van der Waals surface area contributed by atoms with Gasteiger partial charge in [-0.1, -0.05) is 0 Å². The average Bonchev–Trinajstić information content (AvgIpc) is 2.86. The first-order valence-electron chi connectivity index (χ1n) is 5.42. The number of hydrazine groups is 1. The van der Waals surface area contributed by atoms with Gasteiger partial charge in [0, 0.05) is 25.1 Å². The molecule has 0 aliphatic carbocycles. The molecule has 0 unspecified atom stereocenters. The number of carbonyl (C=O) groups excluding carboxylic acids is 1. The Labute approximate surface area is 106 Å². The highest BCUT2D eigenvalue weighted by molar-refractivity contribution is 5.79. The van der Waals surface area contributed by atoms with Crippen molar-refractivity contribution in [3.8, 4) is 0 Å². The molecule has 0 fully saturated rings. The second-order valence-electron chi connectivity index (χ2n) is 4.20. The van der Waals surface area contributed by atoms with Crippen molar-refractivity contribution in [1.29, 1.82) is 0 Å². The number of amides is 1. The van der Waals surface area contributed by atoms with Crippen LogP contribution in [0, 0.1) is 0 Å². The van der Waals surface area contributed by atoms with Gasteiger partial charge in [-0.05, 0) is 18.2 Å². The van der Waals surface area contributed by atoms with Gasteiger partial charge in [-0.15, -0.1) is 0 Å². The predicted octanol–water partition coefficient (Wildman–Crippen LogP) is 0.679. The van der Waals surface area contributed by atoms with Gasteiger partial charge in [-0.25, -0.2) is 5.01 Å². The molecule has 0 saturated heterocycles. The summed E-state index contributed by atoms with van der Waals surface area (Å²) in [6.45, 7) is 0. The topological polar surface area (TPSA) is 57.5 Å². The van der Waals surface area contributed by atoms with Crippen LogP contribution in [0.1, 0.15) is 5.69 Å². The monoisotopic (exact) mass is 275 g/mol. The summed E-state index contributed by atoms with van der Waals surface area (Å²) in [6, 6.07) is 3.29. The van der Waals surface area contributed by atoms with Crippen molar-refractivity contribution >= 4 is 5.91 Å². The van der Waals surface area contributed by atoms with E-state index in [2.05, 4.69) is 5.43 Å². The average molecular weight is 275 g/mol. The van der Waals surface area contributed by atoms with Crippen LogP contribution in [0.4, 0.5) is 13.2 Å². The van der Waals surface area contributed by atoms with E-state index in [1.165, 1.54) is 0 Å². The van der Waals surface area contributed by atoms with Gasteiger partial charge in [0.05, 0.1) is 6.42 Å². The molecular formula is C11H12F3N3O2. The predicted molar refractivity (Wildman–Crippen MR) is 59.2 cm³/mol. The van der Waals surface area contributed by atoms with Crippen molar-refractivity contribution in [2.24, 2.45) is 7.05 Å². The van der Waals surface area contributed by atoms with Gasteiger partial charge in [0.25, 0.3) is 5.72 Å². The second kappa shape index (κ2) is 4.30. The molecule has 1 aliphatic heterocycles.